The van der Waals surface area contributed by atoms with Gasteiger partial charge < -0.3 is 0 Å². The van der Waals surface area contributed by atoms with Crippen LogP contribution in [0.1, 0.15) is 17.4 Å². The van der Waals surface area contributed by atoms with Crippen LogP contribution < -0.4 is 0 Å². The fourth-order valence-corrected chi connectivity index (χ4v) is 4.45. The number of benzene rings is 1. The van der Waals surface area contributed by atoms with Gasteiger partial charge in [-0.3, -0.25) is 0 Å². The fourth-order valence-electron chi connectivity index (χ4n) is 1.79. The third kappa shape index (κ3) is 2.49. The van der Waals surface area contributed by atoms with Crippen molar-refractivity contribution in [2.24, 2.45) is 0 Å². The molecule has 16 heavy (non-hydrogen) atoms. The zero-order valence-corrected chi connectivity index (χ0v) is 11.7. The minimum atomic E-state index is 0.531. The second kappa shape index (κ2) is 5.05. The molecular formula is C13H18N2Se. The molecule has 1 aliphatic heterocycles. The molecule has 0 N–H and O–H groups in total. The molecule has 0 spiro atoms. The summed E-state index contributed by atoms with van der Waals surface area (Å²) in [5.41, 5.74) is 1.42. The van der Waals surface area contributed by atoms with E-state index in [1.165, 1.54) is 5.56 Å². The van der Waals surface area contributed by atoms with Crippen LogP contribution in [0.4, 0.5) is 0 Å². The van der Waals surface area contributed by atoms with Crippen LogP contribution in [-0.4, -0.2) is 39.1 Å². The molecule has 0 amide bonds. The van der Waals surface area contributed by atoms with E-state index in [1.807, 2.05) is 0 Å². The number of hydrazine groups is 1. The first kappa shape index (κ1) is 11.7. The van der Waals surface area contributed by atoms with E-state index in [0.717, 1.165) is 0 Å². The van der Waals surface area contributed by atoms with Crippen LogP contribution >= 0.6 is 0 Å². The third-order valence-electron chi connectivity index (χ3n) is 2.64. The predicted molar refractivity (Wildman–Crippen MR) is 69.0 cm³/mol. The molecule has 0 saturated carbocycles. The van der Waals surface area contributed by atoms with Gasteiger partial charge >= 0.3 is 104 Å². The molecule has 0 bridgehead atoms. The summed E-state index contributed by atoms with van der Waals surface area (Å²) in [6, 6.07) is 10.8. The zero-order chi connectivity index (χ0) is 11.5. The Bertz CT molecular complexity index is 361. The summed E-state index contributed by atoms with van der Waals surface area (Å²) in [7, 11) is 4.21. The van der Waals surface area contributed by atoms with Gasteiger partial charge in [-0.15, -0.1) is 0 Å². The van der Waals surface area contributed by atoms with E-state index in [2.05, 4.69) is 73.6 Å². The van der Waals surface area contributed by atoms with Gasteiger partial charge in [0, 0.05) is 0 Å². The molecule has 0 fully saturated rings. The first-order chi connectivity index (χ1) is 7.68. The maximum absolute atomic E-state index is 2.33. The first-order valence-corrected chi connectivity index (χ1v) is 7.50. The van der Waals surface area contributed by atoms with Gasteiger partial charge in [0.1, 0.15) is 0 Å². The molecule has 2 rings (SSSR count). The van der Waals surface area contributed by atoms with E-state index in [1.54, 1.807) is 0 Å². The van der Waals surface area contributed by atoms with Gasteiger partial charge in [0.05, 0.1) is 0 Å². The van der Waals surface area contributed by atoms with Crippen LogP contribution in [0.25, 0.3) is 0 Å². The van der Waals surface area contributed by atoms with Crippen molar-refractivity contribution in [1.29, 1.82) is 0 Å². The molecule has 0 saturated heterocycles. The molecule has 2 atom stereocenters. The Hall–Kier alpha value is -0.761. The van der Waals surface area contributed by atoms with E-state index in [9.17, 15) is 0 Å². The Morgan fingerprint density at radius 3 is 2.50 bits per heavy atom. The van der Waals surface area contributed by atoms with Crippen LogP contribution in [0.15, 0.2) is 42.6 Å². The molecule has 1 aromatic rings. The van der Waals surface area contributed by atoms with Gasteiger partial charge in [0.2, 0.25) is 0 Å². The molecule has 0 radical (unpaired) electrons. The number of hydrogen-bond acceptors (Lipinski definition) is 2. The normalized spacial score (nSPS) is 25.1. The zero-order valence-electron chi connectivity index (χ0n) is 10.00. The summed E-state index contributed by atoms with van der Waals surface area (Å²) < 4.78 is 0. The predicted octanol–water partition coefficient (Wildman–Crippen LogP) is 2.50. The van der Waals surface area contributed by atoms with Gasteiger partial charge in [-0.05, 0) is 0 Å². The van der Waals surface area contributed by atoms with E-state index in [0.29, 0.717) is 24.7 Å². The quantitative estimate of drug-likeness (QED) is 0.769. The molecule has 2 nitrogen and oxygen atoms in total. The van der Waals surface area contributed by atoms with Crippen LogP contribution in [0.5, 0.6) is 0 Å². The average molecular weight is 281 g/mol. The van der Waals surface area contributed by atoms with E-state index < -0.39 is 0 Å². The third-order valence-corrected chi connectivity index (χ3v) is 5.44. The van der Waals surface area contributed by atoms with E-state index >= 15 is 0 Å². The number of allylic oxidation sites excluding steroid dienone is 1. The standard InChI is InChI=1S/C13H18N2Se/c1-11-9-10-15(14(2)3)13(16-11)12-7-5-4-6-8-12/h4-11,13H,1-3H3/t11-,13+/m1/s1. The topological polar surface area (TPSA) is 6.48 Å². The van der Waals surface area contributed by atoms with Crippen molar-refractivity contribution in [3.8, 4) is 0 Å². The number of rotatable bonds is 2. The molecule has 0 aliphatic carbocycles. The van der Waals surface area contributed by atoms with Crippen LogP contribution in [-0.2, 0) is 0 Å². The summed E-state index contributed by atoms with van der Waals surface area (Å²) >= 11 is 0.584. The van der Waals surface area contributed by atoms with Gasteiger partial charge in [-0.2, -0.15) is 0 Å². The molecule has 1 aromatic carbocycles. The fraction of sp³-hybridized carbons (Fsp3) is 0.385. The summed E-state index contributed by atoms with van der Waals surface area (Å²) in [5.74, 6) is 0. The molecule has 86 valence electrons. The summed E-state index contributed by atoms with van der Waals surface area (Å²) in [6.45, 7) is 2.31. The van der Waals surface area contributed by atoms with Crippen LogP contribution in [0.3, 0.4) is 0 Å². The van der Waals surface area contributed by atoms with Crippen molar-refractivity contribution < 1.29 is 0 Å². The number of hydrogen-bond donors (Lipinski definition) is 0. The summed E-state index contributed by atoms with van der Waals surface area (Å²) in [6.07, 6.45) is 4.52. The van der Waals surface area contributed by atoms with Gasteiger partial charge in [-0.25, -0.2) is 0 Å². The van der Waals surface area contributed by atoms with Crippen LogP contribution in [0.2, 0.25) is 4.82 Å². The molecule has 1 heterocycles. The van der Waals surface area contributed by atoms with Crippen molar-refractivity contribution in [2.45, 2.75) is 16.7 Å². The maximum atomic E-state index is 2.33. The Labute approximate surface area is 104 Å². The van der Waals surface area contributed by atoms with E-state index in [4.69, 9.17) is 0 Å². The molecule has 1 aliphatic rings. The van der Waals surface area contributed by atoms with Crippen molar-refractivity contribution >= 4 is 15.0 Å². The van der Waals surface area contributed by atoms with Gasteiger partial charge in [0.25, 0.3) is 0 Å². The van der Waals surface area contributed by atoms with Crippen molar-refractivity contribution in [1.82, 2.24) is 10.0 Å². The van der Waals surface area contributed by atoms with Crippen LogP contribution in [0, 0.1) is 0 Å². The second-order valence-electron chi connectivity index (χ2n) is 4.17. The minimum absolute atomic E-state index is 0.531. The molecular weight excluding hydrogens is 263 g/mol. The van der Waals surface area contributed by atoms with Crippen molar-refractivity contribution in [2.75, 3.05) is 14.1 Å². The second-order valence-corrected chi connectivity index (χ2v) is 7.24. The Balaban J connectivity index is 2.27. The number of nitrogens with zero attached hydrogens (tertiary/aromatic N) is 2. The first-order valence-electron chi connectivity index (χ1n) is 5.53. The van der Waals surface area contributed by atoms with Crippen molar-refractivity contribution in [3.05, 3.63) is 48.2 Å². The summed E-state index contributed by atoms with van der Waals surface area (Å²) in [5, 5.41) is 4.50. The van der Waals surface area contributed by atoms with Crippen molar-refractivity contribution in [3.63, 3.8) is 0 Å². The molecule has 0 unspecified atom stereocenters. The molecule has 0 aromatic heterocycles. The Kier molecular flexibility index (Phi) is 3.70. The molecule has 3 heteroatoms. The Morgan fingerprint density at radius 2 is 1.88 bits per heavy atom. The van der Waals surface area contributed by atoms with E-state index in [-0.39, 0.29) is 0 Å². The SMILES string of the molecule is C[C@@H]1C=CN(N(C)C)[C@H](c2ccccc2)[Se]1. The Morgan fingerprint density at radius 1 is 1.19 bits per heavy atom. The monoisotopic (exact) mass is 282 g/mol. The average Bonchev–Trinajstić information content (AvgIpc) is 2.29. The van der Waals surface area contributed by atoms with Gasteiger partial charge in [0.15, 0.2) is 0 Å². The van der Waals surface area contributed by atoms with Gasteiger partial charge in [-0.1, -0.05) is 0 Å². The summed E-state index contributed by atoms with van der Waals surface area (Å²) in [4.78, 5) is 1.25.